The van der Waals surface area contributed by atoms with Crippen LogP contribution < -0.4 is 10.6 Å². The standard InChI is InChI=1S/C25H36N6O3/c1-17(32)26-20-14-12-19(13-15-20)24(25-28-29-30-31(25)21-10-6-3-7-11-21)27-22(16-23(33)34)18-8-4-2-5-9-18/h12-15,18,21-22,24,27H,2-11,16H2,1H3,(H,26,32)(H,33,34). The highest BCUT2D eigenvalue weighted by molar-refractivity contribution is 5.88. The predicted octanol–water partition coefficient (Wildman–Crippen LogP) is 4.24. The van der Waals surface area contributed by atoms with E-state index in [1.54, 1.807) is 0 Å². The number of nitrogens with zero attached hydrogens (tertiary/aromatic N) is 4. The van der Waals surface area contributed by atoms with Gasteiger partial charge in [0.15, 0.2) is 5.82 Å². The van der Waals surface area contributed by atoms with E-state index < -0.39 is 5.97 Å². The van der Waals surface area contributed by atoms with E-state index in [0.717, 1.165) is 68.4 Å². The monoisotopic (exact) mass is 468 g/mol. The summed E-state index contributed by atoms with van der Waals surface area (Å²) in [6, 6.07) is 7.40. The summed E-state index contributed by atoms with van der Waals surface area (Å²) >= 11 is 0. The van der Waals surface area contributed by atoms with Gasteiger partial charge >= 0.3 is 5.97 Å². The van der Waals surface area contributed by atoms with E-state index in [1.165, 1.54) is 19.8 Å². The number of amides is 1. The molecule has 0 spiro atoms. The number of hydrogen-bond donors (Lipinski definition) is 3. The van der Waals surface area contributed by atoms with Gasteiger partial charge in [0.05, 0.1) is 18.5 Å². The Morgan fingerprint density at radius 1 is 1.03 bits per heavy atom. The van der Waals surface area contributed by atoms with Crippen molar-refractivity contribution in [2.45, 2.75) is 95.7 Å². The number of carbonyl (C=O) groups excluding carboxylic acids is 1. The molecule has 184 valence electrons. The van der Waals surface area contributed by atoms with Gasteiger partial charge in [-0.1, -0.05) is 50.7 Å². The largest absolute Gasteiger partial charge is 0.481 e. The first kappa shape index (κ1) is 24.3. The van der Waals surface area contributed by atoms with Crippen LogP contribution in [0.5, 0.6) is 0 Å². The fourth-order valence-corrected chi connectivity index (χ4v) is 5.56. The van der Waals surface area contributed by atoms with Crippen molar-refractivity contribution in [3.8, 4) is 0 Å². The second-order valence-electron chi connectivity index (χ2n) is 9.78. The number of benzene rings is 1. The van der Waals surface area contributed by atoms with Crippen molar-refractivity contribution in [3.63, 3.8) is 0 Å². The van der Waals surface area contributed by atoms with E-state index in [4.69, 9.17) is 0 Å². The Labute approximate surface area is 200 Å². The molecule has 2 saturated carbocycles. The third kappa shape index (κ3) is 6.20. The van der Waals surface area contributed by atoms with Crippen LogP contribution in [-0.4, -0.2) is 43.2 Å². The SMILES string of the molecule is CC(=O)Nc1ccc(C(NC(CC(=O)O)C2CCCCC2)c2nnnn2C2CCCCC2)cc1. The smallest absolute Gasteiger partial charge is 0.304 e. The number of carboxylic acid groups (broad SMARTS) is 1. The maximum Gasteiger partial charge on any atom is 0.304 e. The molecule has 0 bridgehead atoms. The summed E-state index contributed by atoms with van der Waals surface area (Å²) in [5.41, 5.74) is 1.67. The molecule has 2 aliphatic rings. The minimum absolute atomic E-state index is 0.0656. The van der Waals surface area contributed by atoms with Crippen molar-refractivity contribution in [1.82, 2.24) is 25.5 Å². The summed E-state index contributed by atoms with van der Waals surface area (Å²) in [6.45, 7) is 1.48. The van der Waals surface area contributed by atoms with Crippen LogP contribution >= 0.6 is 0 Å². The quantitative estimate of drug-likeness (QED) is 0.503. The Morgan fingerprint density at radius 3 is 2.29 bits per heavy atom. The van der Waals surface area contributed by atoms with E-state index in [-0.39, 0.29) is 30.5 Å². The zero-order valence-corrected chi connectivity index (χ0v) is 19.9. The second kappa shape index (κ2) is 11.6. The van der Waals surface area contributed by atoms with E-state index in [0.29, 0.717) is 5.92 Å². The van der Waals surface area contributed by atoms with Crippen molar-refractivity contribution in [1.29, 1.82) is 0 Å². The lowest BCUT2D eigenvalue weighted by molar-refractivity contribution is -0.138. The zero-order chi connectivity index (χ0) is 23.9. The van der Waals surface area contributed by atoms with Crippen molar-refractivity contribution < 1.29 is 14.7 Å². The van der Waals surface area contributed by atoms with Gasteiger partial charge in [0.2, 0.25) is 5.91 Å². The summed E-state index contributed by atoms with van der Waals surface area (Å²) in [4.78, 5) is 23.2. The van der Waals surface area contributed by atoms with Gasteiger partial charge in [-0.15, -0.1) is 5.10 Å². The first-order valence-corrected chi connectivity index (χ1v) is 12.6. The molecule has 1 aromatic carbocycles. The number of tetrazole rings is 1. The third-order valence-corrected chi connectivity index (χ3v) is 7.26. The van der Waals surface area contributed by atoms with Crippen LogP contribution in [0.1, 0.15) is 101 Å². The molecular formula is C25H36N6O3. The highest BCUT2D eigenvalue weighted by atomic mass is 16.4. The average Bonchev–Trinajstić information content (AvgIpc) is 3.32. The molecule has 1 amide bonds. The van der Waals surface area contributed by atoms with Gasteiger partial charge in [0, 0.05) is 18.7 Å². The maximum absolute atomic E-state index is 11.8. The lowest BCUT2D eigenvalue weighted by atomic mass is 9.82. The molecule has 2 unspecified atom stereocenters. The second-order valence-corrected chi connectivity index (χ2v) is 9.78. The average molecular weight is 469 g/mol. The van der Waals surface area contributed by atoms with Crippen LogP contribution in [0.3, 0.4) is 0 Å². The number of hydrogen-bond acceptors (Lipinski definition) is 6. The molecule has 2 aromatic rings. The first-order chi connectivity index (χ1) is 16.5. The lowest BCUT2D eigenvalue weighted by Crippen LogP contribution is -2.42. The molecule has 1 aromatic heterocycles. The normalized spacial score (nSPS) is 19.4. The molecule has 1 heterocycles. The van der Waals surface area contributed by atoms with Crippen molar-refractivity contribution in [2.24, 2.45) is 5.92 Å². The van der Waals surface area contributed by atoms with Crippen LogP contribution in [0.4, 0.5) is 5.69 Å². The zero-order valence-electron chi connectivity index (χ0n) is 19.9. The number of carboxylic acids is 1. The van der Waals surface area contributed by atoms with Gasteiger partial charge < -0.3 is 10.4 Å². The van der Waals surface area contributed by atoms with Gasteiger partial charge in [-0.25, -0.2) is 4.68 Å². The number of aromatic nitrogens is 4. The number of nitrogens with one attached hydrogen (secondary N) is 2. The Balaban J connectivity index is 1.67. The molecule has 0 aliphatic heterocycles. The van der Waals surface area contributed by atoms with E-state index in [9.17, 15) is 14.7 Å². The Kier molecular flexibility index (Phi) is 8.26. The highest BCUT2D eigenvalue weighted by Gasteiger charge is 2.32. The van der Waals surface area contributed by atoms with Gasteiger partial charge in [-0.2, -0.15) is 0 Å². The molecule has 2 atom stereocenters. The van der Waals surface area contributed by atoms with Crippen LogP contribution in [0.25, 0.3) is 0 Å². The highest BCUT2D eigenvalue weighted by Crippen LogP contribution is 2.34. The minimum Gasteiger partial charge on any atom is -0.481 e. The molecule has 4 rings (SSSR count). The Hall–Kier alpha value is -2.81. The van der Waals surface area contributed by atoms with Crippen LogP contribution in [0.2, 0.25) is 0 Å². The summed E-state index contributed by atoms with van der Waals surface area (Å²) in [7, 11) is 0. The molecule has 9 nitrogen and oxygen atoms in total. The molecule has 2 aliphatic carbocycles. The van der Waals surface area contributed by atoms with E-state index in [2.05, 4.69) is 26.2 Å². The third-order valence-electron chi connectivity index (χ3n) is 7.26. The topological polar surface area (TPSA) is 122 Å². The maximum atomic E-state index is 11.8. The minimum atomic E-state index is -0.797. The molecule has 3 N–H and O–H groups in total. The number of carbonyl (C=O) groups is 2. The van der Waals surface area contributed by atoms with Crippen molar-refractivity contribution in [2.75, 3.05) is 5.32 Å². The molecule has 9 heteroatoms. The molecule has 34 heavy (non-hydrogen) atoms. The fourth-order valence-electron chi connectivity index (χ4n) is 5.56. The van der Waals surface area contributed by atoms with E-state index in [1.807, 2.05) is 28.9 Å². The number of rotatable bonds is 9. The van der Waals surface area contributed by atoms with Crippen molar-refractivity contribution >= 4 is 17.6 Å². The van der Waals surface area contributed by atoms with Gasteiger partial charge in [0.25, 0.3) is 0 Å². The van der Waals surface area contributed by atoms with Gasteiger partial charge in [0.1, 0.15) is 0 Å². The fraction of sp³-hybridized carbons (Fsp3) is 0.640. The van der Waals surface area contributed by atoms with E-state index >= 15 is 0 Å². The van der Waals surface area contributed by atoms with Crippen LogP contribution in [-0.2, 0) is 9.59 Å². The number of anilines is 1. The molecular weight excluding hydrogens is 432 g/mol. The predicted molar refractivity (Wildman–Crippen MR) is 128 cm³/mol. The number of aliphatic carboxylic acids is 1. The summed E-state index contributed by atoms with van der Waals surface area (Å²) < 4.78 is 1.96. The van der Waals surface area contributed by atoms with Gasteiger partial charge in [-0.3, -0.25) is 14.9 Å². The van der Waals surface area contributed by atoms with Crippen LogP contribution in [0.15, 0.2) is 24.3 Å². The van der Waals surface area contributed by atoms with Crippen molar-refractivity contribution in [3.05, 3.63) is 35.7 Å². The lowest BCUT2D eigenvalue weighted by Gasteiger charge is -2.34. The summed E-state index contributed by atoms with van der Waals surface area (Å²) in [5, 5.41) is 29.0. The molecule has 0 saturated heterocycles. The molecule has 2 fully saturated rings. The molecule has 0 radical (unpaired) electrons. The summed E-state index contributed by atoms with van der Waals surface area (Å²) in [5.74, 6) is 0.118. The van der Waals surface area contributed by atoms with Gasteiger partial charge in [-0.05, 0) is 59.7 Å². The van der Waals surface area contributed by atoms with Crippen LogP contribution in [0, 0.1) is 5.92 Å². The first-order valence-electron chi connectivity index (χ1n) is 12.6. The summed E-state index contributed by atoms with van der Waals surface area (Å²) in [6.07, 6.45) is 11.3. The Bertz CT molecular complexity index is 948. The Morgan fingerprint density at radius 2 is 1.68 bits per heavy atom.